The Hall–Kier alpha value is -2.82. The van der Waals surface area contributed by atoms with Gasteiger partial charge >= 0.3 is 0 Å². The molecule has 0 fully saturated rings. The summed E-state index contributed by atoms with van der Waals surface area (Å²) in [5.41, 5.74) is 4.51. The molecule has 0 unspecified atom stereocenters. The Morgan fingerprint density at radius 1 is 1.14 bits per heavy atom. The highest BCUT2D eigenvalue weighted by atomic mass is 16.3. The Kier molecular flexibility index (Phi) is 4.56. The molecule has 0 saturated heterocycles. The molecule has 2 rings (SSSR count). The summed E-state index contributed by atoms with van der Waals surface area (Å²) in [4.78, 5) is 13.9. The maximum atomic E-state index is 11.9. The van der Waals surface area contributed by atoms with Crippen LogP contribution in [0.25, 0.3) is 0 Å². The molecule has 0 saturated carbocycles. The summed E-state index contributed by atoms with van der Waals surface area (Å²) in [7, 11) is 3.87. The van der Waals surface area contributed by atoms with Crippen LogP contribution in [0.3, 0.4) is 0 Å². The van der Waals surface area contributed by atoms with Crippen LogP contribution in [-0.2, 0) is 0 Å². The molecule has 0 atom stereocenters. The van der Waals surface area contributed by atoms with Gasteiger partial charge in [-0.05, 0) is 36.4 Å². The van der Waals surface area contributed by atoms with Crippen molar-refractivity contribution < 1.29 is 9.90 Å². The molecule has 0 spiro atoms. The summed E-state index contributed by atoms with van der Waals surface area (Å²) in [5.74, 6) is -0.183. The third kappa shape index (κ3) is 3.82. The third-order valence-electron chi connectivity index (χ3n) is 2.95. The van der Waals surface area contributed by atoms with E-state index in [1.54, 1.807) is 36.4 Å². The van der Waals surface area contributed by atoms with Crippen molar-refractivity contribution in [2.24, 2.45) is 5.10 Å². The zero-order chi connectivity index (χ0) is 15.2. The average Bonchev–Trinajstić information content (AvgIpc) is 2.49. The fourth-order valence-corrected chi connectivity index (χ4v) is 1.73. The summed E-state index contributed by atoms with van der Waals surface area (Å²) in [5, 5.41) is 13.4. The number of benzene rings is 2. The van der Waals surface area contributed by atoms with Crippen LogP contribution in [0.4, 0.5) is 5.69 Å². The van der Waals surface area contributed by atoms with Gasteiger partial charge in [0.15, 0.2) is 0 Å². The molecule has 2 aromatic carbocycles. The van der Waals surface area contributed by atoms with Gasteiger partial charge in [-0.1, -0.05) is 12.1 Å². The summed E-state index contributed by atoms with van der Waals surface area (Å²) < 4.78 is 0. The van der Waals surface area contributed by atoms with Crippen LogP contribution >= 0.6 is 0 Å². The van der Waals surface area contributed by atoms with Crippen LogP contribution in [0.15, 0.2) is 53.6 Å². The zero-order valence-electron chi connectivity index (χ0n) is 11.9. The number of hydrogen-bond acceptors (Lipinski definition) is 4. The lowest BCUT2D eigenvalue weighted by Crippen LogP contribution is -2.17. The number of anilines is 1. The summed E-state index contributed by atoms with van der Waals surface area (Å²) in [6.07, 6.45) is 1.40. The van der Waals surface area contributed by atoms with E-state index >= 15 is 0 Å². The number of hydrogen-bond donors (Lipinski definition) is 2. The van der Waals surface area contributed by atoms with E-state index in [9.17, 15) is 9.90 Å². The van der Waals surface area contributed by atoms with Gasteiger partial charge in [-0.15, -0.1) is 0 Å². The Balaban J connectivity index is 2.00. The van der Waals surface area contributed by atoms with E-state index < -0.39 is 0 Å². The van der Waals surface area contributed by atoms with Crippen molar-refractivity contribution in [3.63, 3.8) is 0 Å². The van der Waals surface area contributed by atoms with E-state index in [2.05, 4.69) is 10.5 Å². The van der Waals surface area contributed by atoms with E-state index in [-0.39, 0.29) is 11.7 Å². The normalized spacial score (nSPS) is 10.6. The molecule has 1 amide bonds. The fraction of sp³-hybridized carbons (Fsp3) is 0.125. The monoisotopic (exact) mass is 283 g/mol. The number of amides is 1. The second-order valence-electron chi connectivity index (χ2n) is 4.70. The molecule has 0 aliphatic carbocycles. The van der Waals surface area contributed by atoms with Gasteiger partial charge < -0.3 is 10.0 Å². The number of carbonyl (C=O) groups is 1. The molecule has 5 nitrogen and oxygen atoms in total. The minimum Gasteiger partial charge on any atom is -0.507 e. The van der Waals surface area contributed by atoms with Crippen LogP contribution in [-0.4, -0.2) is 31.3 Å². The molecule has 0 aliphatic heterocycles. The van der Waals surface area contributed by atoms with Gasteiger partial charge in [0.2, 0.25) is 0 Å². The number of aromatic hydroxyl groups is 1. The first kappa shape index (κ1) is 14.6. The summed E-state index contributed by atoms with van der Waals surface area (Å²) >= 11 is 0. The van der Waals surface area contributed by atoms with Crippen LogP contribution in [0.2, 0.25) is 0 Å². The quantitative estimate of drug-likeness (QED) is 0.668. The van der Waals surface area contributed by atoms with Crippen LogP contribution in [0.5, 0.6) is 5.75 Å². The van der Waals surface area contributed by atoms with E-state index in [0.29, 0.717) is 11.1 Å². The minimum atomic E-state index is -0.299. The van der Waals surface area contributed by atoms with Crippen molar-refractivity contribution in [2.75, 3.05) is 19.0 Å². The van der Waals surface area contributed by atoms with Crippen molar-refractivity contribution in [3.05, 3.63) is 59.7 Å². The summed E-state index contributed by atoms with van der Waals surface area (Å²) in [6.45, 7) is 0. The largest absolute Gasteiger partial charge is 0.507 e. The Bertz CT molecular complexity index is 649. The van der Waals surface area contributed by atoms with Gasteiger partial charge in [0, 0.05) is 30.9 Å². The van der Waals surface area contributed by atoms with Crippen molar-refractivity contribution in [3.8, 4) is 5.75 Å². The molecule has 108 valence electrons. The second-order valence-corrected chi connectivity index (χ2v) is 4.70. The maximum Gasteiger partial charge on any atom is 0.271 e. The minimum absolute atomic E-state index is 0.117. The lowest BCUT2D eigenvalue weighted by molar-refractivity contribution is 0.0955. The van der Waals surface area contributed by atoms with Crippen molar-refractivity contribution in [1.82, 2.24) is 5.43 Å². The predicted molar refractivity (Wildman–Crippen MR) is 83.9 cm³/mol. The lowest BCUT2D eigenvalue weighted by atomic mass is 10.2. The SMILES string of the molecule is CN(C)c1ccc(C(=O)N/N=C\c2ccccc2O)cc1. The standard InChI is InChI=1S/C16H17N3O2/c1-19(2)14-9-7-12(8-10-14)16(21)18-17-11-13-5-3-4-6-15(13)20/h3-11,20H,1-2H3,(H,18,21)/b17-11-. The van der Waals surface area contributed by atoms with Crippen molar-refractivity contribution in [1.29, 1.82) is 0 Å². The molecule has 0 radical (unpaired) electrons. The van der Waals surface area contributed by atoms with E-state index in [1.165, 1.54) is 6.21 Å². The lowest BCUT2D eigenvalue weighted by Gasteiger charge is -2.12. The van der Waals surface area contributed by atoms with E-state index in [4.69, 9.17) is 0 Å². The highest BCUT2D eigenvalue weighted by molar-refractivity contribution is 5.95. The molecule has 2 aromatic rings. The first-order chi connectivity index (χ1) is 10.1. The molecular formula is C16H17N3O2. The number of nitrogens with zero attached hydrogens (tertiary/aromatic N) is 2. The number of hydrazone groups is 1. The van der Waals surface area contributed by atoms with Crippen LogP contribution in [0, 0.1) is 0 Å². The van der Waals surface area contributed by atoms with E-state index in [1.807, 2.05) is 31.1 Å². The molecule has 0 bridgehead atoms. The first-order valence-corrected chi connectivity index (χ1v) is 6.46. The first-order valence-electron chi connectivity index (χ1n) is 6.46. The van der Waals surface area contributed by atoms with Crippen LogP contribution < -0.4 is 10.3 Å². The van der Waals surface area contributed by atoms with Gasteiger partial charge in [-0.3, -0.25) is 4.79 Å². The number of para-hydroxylation sites is 1. The van der Waals surface area contributed by atoms with Gasteiger partial charge in [0.25, 0.3) is 5.91 Å². The predicted octanol–water partition coefficient (Wildman–Crippen LogP) is 2.22. The second kappa shape index (κ2) is 6.56. The molecule has 0 aromatic heterocycles. The van der Waals surface area contributed by atoms with Crippen molar-refractivity contribution in [2.45, 2.75) is 0 Å². The fourth-order valence-electron chi connectivity index (χ4n) is 1.73. The van der Waals surface area contributed by atoms with Crippen molar-refractivity contribution >= 4 is 17.8 Å². The zero-order valence-corrected chi connectivity index (χ0v) is 11.9. The molecule has 5 heteroatoms. The smallest absolute Gasteiger partial charge is 0.271 e. The van der Waals surface area contributed by atoms with Crippen LogP contribution in [0.1, 0.15) is 15.9 Å². The average molecular weight is 283 g/mol. The van der Waals surface area contributed by atoms with Gasteiger partial charge in [0.1, 0.15) is 5.75 Å². The van der Waals surface area contributed by atoms with Gasteiger partial charge in [-0.25, -0.2) is 5.43 Å². The van der Waals surface area contributed by atoms with Gasteiger partial charge in [0.05, 0.1) is 6.21 Å². The number of rotatable bonds is 4. The van der Waals surface area contributed by atoms with E-state index in [0.717, 1.165) is 5.69 Å². The molecule has 0 heterocycles. The highest BCUT2D eigenvalue weighted by Crippen LogP contribution is 2.13. The topological polar surface area (TPSA) is 64.9 Å². The molecule has 2 N–H and O–H groups in total. The molecular weight excluding hydrogens is 266 g/mol. The number of phenolic OH excluding ortho intramolecular Hbond substituents is 1. The maximum absolute atomic E-state index is 11.9. The van der Waals surface area contributed by atoms with Gasteiger partial charge in [-0.2, -0.15) is 5.10 Å². The third-order valence-corrected chi connectivity index (χ3v) is 2.95. The number of phenols is 1. The Labute approximate surface area is 123 Å². The number of nitrogens with one attached hydrogen (secondary N) is 1. The molecule has 0 aliphatic rings. The Morgan fingerprint density at radius 2 is 1.81 bits per heavy atom. The number of carbonyl (C=O) groups excluding carboxylic acids is 1. The summed E-state index contributed by atoms with van der Waals surface area (Å²) in [6, 6.07) is 14.0. The molecule has 21 heavy (non-hydrogen) atoms. The Morgan fingerprint density at radius 3 is 2.43 bits per heavy atom. The highest BCUT2D eigenvalue weighted by Gasteiger charge is 2.04.